The average molecular weight is 462 g/mol. The van der Waals surface area contributed by atoms with Gasteiger partial charge in [0.05, 0.1) is 0 Å². The van der Waals surface area contributed by atoms with Gasteiger partial charge in [0.25, 0.3) is 0 Å². The predicted molar refractivity (Wildman–Crippen MR) is 152 cm³/mol. The third-order valence-electron chi connectivity index (χ3n) is 6.85. The maximum atomic E-state index is 6.24. The molecule has 0 fully saturated rings. The van der Waals surface area contributed by atoms with Crippen LogP contribution in [0.2, 0.25) is 0 Å². The molecule has 36 heavy (non-hydrogen) atoms. The Balaban J connectivity index is 1.38. The van der Waals surface area contributed by atoms with Crippen molar-refractivity contribution in [3.05, 3.63) is 133 Å². The zero-order valence-electron chi connectivity index (χ0n) is 19.6. The molecule has 2 nitrogen and oxygen atoms in total. The Bertz CT molecular complexity index is 1850. The summed E-state index contributed by atoms with van der Waals surface area (Å²) >= 11 is 0. The van der Waals surface area contributed by atoms with Crippen molar-refractivity contribution in [3.8, 4) is 22.3 Å². The zero-order chi connectivity index (χ0) is 23.9. The van der Waals surface area contributed by atoms with Gasteiger partial charge in [-0.2, -0.15) is 0 Å². The number of hydrogen-bond acceptors (Lipinski definition) is 2. The Morgan fingerprint density at radius 3 is 1.97 bits per heavy atom. The Morgan fingerprint density at radius 2 is 1.11 bits per heavy atom. The van der Waals surface area contributed by atoms with Gasteiger partial charge in [0.1, 0.15) is 11.2 Å². The Hall–Kier alpha value is -4.82. The number of anilines is 2. The summed E-state index contributed by atoms with van der Waals surface area (Å²) in [4.78, 5) is 0. The van der Waals surface area contributed by atoms with Gasteiger partial charge in [-0.3, -0.25) is 0 Å². The van der Waals surface area contributed by atoms with Crippen LogP contribution in [-0.2, 0) is 0 Å². The molecule has 0 unspecified atom stereocenters. The standard InChI is InChI=1S/C34H23NO/c1-2-9-26(10-3-1)35-27-18-14-24(15-19-27)29-20-16-23-8-4-5-11-28(23)34(29)25-17-21-31-30-12-6-7-13-32(30)36-33(31)22-25/h1-22,35H. The lowest BCUT2D eigenvalue weighted by Crippen LogP contribution is -1.91. The maximum Gasteiger partial charge on any atom is 0.136 e. The molecule has 0 saturated carbocycles. The summed E-state index contributed by atoms with van der Waals surface area (Å²) in [5, 5.41) is 8.23. The summed E-state index contributed by atoms with van der Waals surface area (Å²) in [5.74, 6) is 0. The Labute approximate surface area is 209 Å². The smallest absolute Gasteiger partial charge is 0.136 e. The molecule has 0 aliphatic heterocycles. The van der Waals surface area contributed by atoms with Crippen molar-refractivity contribution in [1.82, 2.24) is 0 Å². The molecule has 0 saturated heterocycles. The Morgan fingerprint density at radius 1 is 0.444 bits per heavy atom. The quantitative estimate of drug-likeness (QED) is 0.282. The van der Waals surface area contributed by atoms with Crippen LogP contribution in [0.1, 0.15) is 0 Å². The van der Waals surface area contributed by atoms with Gasteiger partial charge in [-0.05, 0) is 75.5 Å². The van der Waals surface area contributed by atoms with Gasteiger partial charge in [0.15, 0.2) is 0 Å². The van der Waals surface area contributed by atoms with Crippen LogP contribution in [0.15, 0.2) is 138 Å². The predicted octanol–water partition coefficient (Wildman–Crippen LogP) is 9.82. The van der Waals surface area contributed by atoms with Crippen molar-refractivity contribution in [2.75, 3.05) is 5.32 Å². The fourth-order valence-corrected chi connectivity index (χ4v) is 5.13. The lowest BCUT2D eigenvalue weighted by molar-refractivity contribution is 0.669. The fraction of sp³-hybridized carbons (Fsp3) is 0. The van der Waals surface area contributed by atoms with E-state index in [4.69, 9.17) is 4.42 Å². The number of furan rings is 1. The van der Waals surface area contributed by atoms with Crippen LogP contribution in [-0.4, -0.2) is 0 Å². The van der Waals surface area contributed by atoms with Crippen molar-refractivity contribution < 1.29 is 4.42 Å². The molecule has 0 aliphatic carbocycles. The molecule has 0 spiro atoms. The first kappa shape index (κ1) is 20.5. The second-order valence-electron chi connectivity index (χ2n) is 9.09. The van der Waals surface area contributed by atoms with E-state index in [-0.39, 0.29) is 0 Å². The third kappa shape index (κ3) is 3.52. The second kappa shape index (κ2) is 8.44. The van der Waals surface area contributed by atoms with E-state index in [0.717, 1.165) is 38.9 Å². The fourth-order valence-electron chi connectivity index (χ4n) is 5.13. The average Bonchev–Trinajstić information content (AvgIpc) is 3.31. The van der Waals surface area contributed by atoms with E-state index in [1.807, 2.05) is 30.3 Å². The molecule has 7 aromatic rings. The van der Waals surface area contributed by atoms with Gasteiger partial charge in [-0.1, -0.05) is 91.0 Å². The summed E-state index contributed by atoms with van der Waals surface area (Å²) < 4.78 is 6.24. The molecular formula is C34H23NO. The molecule has 0 atom stereocenters. The van der Waals surface area contributed by atoms with E-state index in [9.17, 15) is 0 Å². The minimum atomic E-state index is 0.912. The van der Waals surface area contributed by atoms with Gasteiger partial charge in [0, 0.05) is 22.1 Å². The lowest BCUT2D eigenvalue weighted by atomic mass is 9.89. The molecule has 0 bridgehead atoms. The van der Waals surface area contributed by atoms with Crippen LogP contribution in [0.25, 0.3) is 55.0 Å². The topological polar surface area (TPSA) is 25.2 Å². The van der Waals surface area contributed by atoms with Crippen LogP contribution < -0.4 is 5.32 Å². The minimum Gasteiger partial charge on any atom is -0.456 e. The van der Waals surface area contributed by atoms with Gasteiger partial charge in [-0.15, -0.1) is 0 Å². The van der Waals surface area contributed by atoms with Gasteiger partial charge in [-0.25, -0.2) is 0 Å². The molecule has 170 valence electrons. The van der Waals surface area contributed by atoms with Gasteiger partial charge < -0.3 is 9.73 Å². The van der Waals surface area contributed by atoms with E-state index in [1.165, 1.54) is 27.5 Å². The lowest BCUT2D eigenvalue weighted by Gasteiger charge is -2.15. The number of para-hydroxylation sites is 2. The monoisotopic (exact) mass is 461 g/mol. The van der Waals surface area contributed by atoms with Crippen LogP contribution in [0.5, 0.6) is 0 Å². The second-order valence-corrected chi connectivity index (χ2v) is 9.09. The van der Waals surface area contributed by atoms with E-state index in [0.29, 0.717) is 0 Å². The highest BCUT2D eigenvalue weighted by Crippen LogP contribution is 2.40. The normalized spacial score (nSPS) is 11.3. The molecule has 0 aliphatic rings. The number of fused-ring (bicyclic) bond motifs is 4. The van der Waals surface area contributed by atoms with Crippen LogP contribution >= 0.6 is 0 Å². The number of benzene rings is 6. The van der Waals surface area contributed by atoms with E-state index in [1.54, 1.807) is 0 Å². The van der Waals surface area contributed by atoms with Crippen molar-refractivity contribution in [1.29, 1.82) is 0 Å². The molecular weight excluding hydrogens is 438 g/mol. The SMILES string of the molecule is c1ccc(Nc2ccc(-c3ccc4ccccc4c3-c3ccc4c(c3)oc3ccccc34)cc2)cc1. The molecule has 6 aromatic carbocycles. The zero-order valence-corrected chi connectivity index (χ0v) is 19.6. The third-order valence-corrected chi connectivity index (χ3v) is 6.85. The Kier molecular flexibility index (Phi) is 4.82. The first-order valence-electron chi connectivity index (χ1n) is 12.2. The summed E-state index contributed by atoms with van der Waals surface area (Å²) in [5.41, 5.74) is 8.74. The van der Waals surface area contributed by atoms with Crippen LogP contribution in [0.4, 0.5) is 11.4 Å². The summed E-state index contributed by atoms with van der Waals surface area (Å²) in [6.45, 7) is 0. The highest BCUT2D eigenvalue weighted by Gasteiger charge is 2.14. The summed E-state index contributed by atoms with van der Waals surface area (Å²) in [6.07, 6.45) is 0. The molecule has 1 heterocycles. The molecule has 7 rings (SSSR count). The van der Waals surface area contributed by atoms with Gasteiger partial charge in [0.2, 0.25) is 0 Å². The number of nitrogens with one attached hydrogen (secondary N) is 1. The minimum absolute atomic E-state index is 0.912. The molecule has 1 N–H and O–H groups in total. The van der Waals surface area contributed by atoms with E-state index < -0.39 is 0 Å². The van der Waals surface area contributed by atoms with E-state index >= 15 is 0 Å². The van der Waals surface area contributed by atoms with Crippen molar-refractivity contribution in [2.45, 2.75) is 0 Å². The molecule has 0 amide bonds. The first-order valence-corrected chi connectivity index (χ1v) is 12.2. The van der Waals surface area contributed by atoms with Crippen LogP contribution in [0.3, 0.4) is 0 Å². The molecule has 0 radical (unpaired) electrons. The van der Waals surface area contributed by atoms with Crippen LogP contribution in [0, 0.1) is 0 Å². The highest BCUT2D eigenvalue weighted by molar-refractivity contribution is 6.09. The summed E-state index contributed by atoms with van der Waals surface area (Å²) in [7, 11) is 0. The van der Waals surface area contributed by atoms with Crippen molar-refractivity contribution in [3.63, 3.8) is 0 Å². The van der Waals surface area contributed by atoms with Crippen molar-refractivity contribution >= 4 is 44.1 Å². The number of rotatable bonds is 4. The van der Waals surface area contributed by atoms with Crippen molar-refractivity contribution in [2.24, 2.45) is 0 Å². The highest BCUT2D eigenvalue weighted by atomic mass is 16.3. The van der Waals surface area contributed by atoms with E-state index in [2.05, 4.69) is 108 Å². The molecule has 1 aromatic heterocycles. The molecule has 2 heteroatoms. The summed E-state index contributed by atoms with van der Waals surface area (Å²) in [6, 6.07) is 46.8. The first-order chi connectivity index (χ1) is 17.8. The largest absolute Gasteiger partial charge is 0.456 e. The number of hydrogen-bond donors (Lipinski definition) is 1. The van der Waals surface area contributed by atoms with Gasteiger partial charge >= 0.3 is 0 Å². The maximum absolute atomic E-state index is 6.24.